The number of hydrogen-bond acceptors (Lipinski definition) is 3. The van der Waals surface area contributed by atoms with Crippen LogP contribution in [0.25, 0.3) is 10.9 Å². The quantitative estimate of drug-likeness (QED) is 0.885. The molecule has 19 heavy (non-hydrogen) atoms. The summed E-state index contributed by atoms with van der Waals surface area (Å²) in [6, 6.07) is 11.2. The lowest BCUT2D eigenvalue weighted by molar-refractivity contribution is 0.618. The Hall–Kier alpha value is -1.22. The SMILES string of the molecule is Cc1ccc2cccc(NC3CCCSC3C)c2n1. The van der Waals surface area contributed by atoms with Crippen molar-refractivity contribution >= 4 is 28.4 Å². The van der Waals surface area contributed by atoms with Crippen molar-refractivity contribution in [3.8, 4) is 0 Å². The molecule has 1 aromatic carbocycles. The summed E-state index contributed by atoms with van der Waals surface area (Å²) in [6.45, 7) is 4.38. The largest absolute Gasteiger partial charge is 0.379 e. The van der Waals surface area contributed by atoms with Crippen LogP contribution in [-0.2, 0) is 0 Å². The van der Waals surface area contributed by atoms with E-state index in [-0.39, 0.29) is 0 Å². The molecule has 1 fully saturated rings. The Bertz CT molecular complexity index is 582. The predicted octanol–water partition coefficient (Wildman–Crippen LogP) is 4.24. The third-order valence-corrected chi connectivity index (χ3v) is 5.19. The summed E-state index contributed by atoms with van der Waals surface area (Å²) in [5.41, 5.74) is 3.36. The van der Waals surface area contributed by atoms with Gasteiger partial charge in [-0.25, -0.2) is 0 Å². The summed E-state index contributed by atoms with van der Waals surface area (Å²) in [4.78, 5) is 4.70. The Morgan fingerprint density at radius 3 is 3.00 bits per heavy atom. The van der Waals surface area contributed by atoms with Gasteiger partial charge in [0.1, 0.15) is 0 Å². The molecule has 0 spiro atoms. The normalized spacial score (nSPS) is 23.5. The van der Waals surface area contributed by atoms with Crippen LogP contribution in [0, 0.1) is 6.92 Å². The first-order valence-electron chi connectivity index (χ1n) is 6.98. The number of aryl methyl sites for hydroxylation is 1. The molecule has 0 bridgehead atoms. The second-order valence-corrected chi connectivity index (χ2v) is 6.78. The van der Waals surface area contributed by atoms with Crippen molar-refractivity contribution in [3.05, 3.63) is 36.0 Å². The van der Waals surface area contributed by atoms with Gasteiger partial charge in [-0.2, -0.15) is 11.8 Å². The first-order valence-corrected chi connectivity index (χ1v) is 8.03. The van der Waals surface area contributed by atoms with Crippen molar-refractivity contribution in [2.75, 3.05) is 11.1 Å². The molecule has 0 radical (unpaired) electrons. The zero-order valence-corrected chi connectivity index (χ0v) is 12.3. The number of nitrogens with one attached hydrogen (secondary N) is 1. The lowest BCUT2D eigenvalue weighted by Gasteiger charge is -2.30. The van der Waals surface area contributed by atoms with Crippen LogP contribution in [0.1, 0.15) is 25.5 Å². The Balaban J connectivity index is 1.93. The summed E-state index contributed by atoms with van der Waals surface area (Å²) in [6.07, 6.45) is 2.57. The zero-order chi connectivity index (χ0) is 13.2. The number of benzene rings is 1. The first kappa shape index (κ1) is 12.8. The van der Waals surface area contributed by atoms with Gasteiger partial charge in [-0.05, 0) is 37.7 Å². The highest BCUT2D eigenvalue weighted by Crippen LogP contribution is 2.30. The first-order chi connectivity index (χ1) is 9.24. The molecule has 1 saturated heterocycles. The van der Waals surface area contributed by atoms with Crippen molar-refractivity contribution in [1.82, 2.24) is 4.98 Å². The smallest absolute Gasteiger partial charge is 0.0936 e. The maximum Gasteiger partial charge on any atom is 0.0936 e. The number of thioether (sulfide) groups is 1. The standard InChI is InChI=1S/C16H20N2S/c1-11-8-9-13-5-3-6-15(16(13)17-11)18-14-7-4-10-19-12(14)2/h3,5-6,8-9,12,14,18H,4,7,10H2,1-2H3. The van der Waals surface area contributed by atoms with E-state index in [0.717, 1.165) is 11.2 Å². The van der Waals surface area contributed by atoms with Gasteiger partial charge in [-0.1, -0.05) is 25.1 Å². The molecule has 1 aliphatic heterocycles. The van der Waals surface area contributed by atoms with Crippen molar-refractivity contribution in [2.24, 2.45) is 0 Å². The Morgan fingerprint density at radius 1 is 1.26 bits per heavy atom. The molecular weight excluding hydrogens is 252 g/mol. The molecule has 0 amide bonds. The molecule has 2 atom stereocenters. The minimum atomic E-state index is 0.562. The van der Waals surface area contributed by atoms with Crippen LogP contribution in [0.2, 0.25) is 0 Å². The van der Waals surface area contributed by atoms with Crippen LogP contribution >= 0.6 is 11.8 Å². The molecule has 0 saturated carbocycles. The molecule has 0 aliphatic carbocycles. The fraction of sp³-hybridized carbons (Fsp3) is 0.438. The molecule has 2 nitrogen and oxygen atoms in total. The van der Waals surface area contributed by atoms with Gasteiger partial charge in [-0.15, -0.1) is 0 Å². The van der Waals surface area contributed by atoms with Crippen LogP contribution < -0.4 is 5.32 Å². The highest BCUT2D eigenvalue weighted by molar-refractivity contribution is 8.00. The van der Waals surface area contributed by atoms with Gasteiger partial charge in [0, 0.05) is 22.4 Å². The van der Waals surface area contributed by atoms with Crippen LogP contribution in [-0.4, -0.2) is 22.0 Å². The molecule has 3 heteroatoms. The molecule has 1 N–H and O–H groups in total. The van der Waals surface area contributed by atoms with Crippen LogP contribution in [0.15, 0.2) is 30.3 Å². The third kappa shape index (κ3) is 2.71. The van der Waals surface area contributed by atoms with E-state index >= 15 is 0 Å². The maximum absolute atomic E-state index is 4.70. The zero-order valence-electron chi connectivity index (χ0n) is 11.5. The summed E-state index contributed by atoms with van der Waals surface area (Å²) in [7, 11) is 0. The second-order valence-electron chi connectivity index (χ2n) is 5.30. The Labute approximate surface area is 119 Å². The van der Waals surface area contributed by atoms with E-state index in [0.29, 0.717) is 11.3 Å². The van der Waals surface area contributed by atoms with E-state index in [1.165, 1.54) is 29.7 Å². The number of hydrogen-bond donors (Lipinski definition) is 1. The Kier molecular flexibility index (Phi) is 3.65. The average molecular weight is 272 g/mol. The molecule has 1 aliphatic rings. The van der Waals surface area contributed by atoms with Crippen molar-refractivity contribution in [2.45, 2.75) is 38.0 Å². The van der Waals surface area contributed by atoms with Crippen LogP contribution in [0.5, 0.6) is 0 Å². The van der Waals surface area contributed by atoms with Crippen LogP contribution in [0.4, 0.5) is 5.69 Å². The molecule has 1 aromatic heterocycles. The van der Waals surface area contributed by atoms with Crippen molar-refractivity contribution in [3.63, 3.8) is 0 Å². The van der Waals surface area contributed by atoms with Gasteiger partial charge in [0.05, 0.1) is 11.2 Å². The van der Waals surface area contributed by atoms with E-state index < -0.39 is 0 Å². The van der Waals surface area contributed by atoms with Crippen molar-refractivity contribution < 1.29 is 0 Å². The molecule has 2 aromatic rings. The van der Waals surface area contributed by atoms with Crippen molar-refractivity contribution in [1.29, 1.82) is 0 Å². The minimum Gasteiger partial charge on any atom is -0.379 e. The lowest BCUT2D eigenvalue weighted by atomic mass is 10.1. The number of nitrogens with zero attached hydrogens (tertiary/aromatic N) is 1. The second kappa shape index (κ2) is 5.41. The number of anilines is 1. The number of para-hydroxylation sites is 1. The van der Waals surface area contributed by atoms with Crippen LogP contribution in [0.3, 0.4) is 0 Å². The fourth-order valence-electron chi connectivity index (χ4n) is 2.67. The lowest BCUT2D eigenvalue weighted by Crippen LogP contribution is -2.32. The topological polar surface area (TPSA) is 24.9 Å². The van der Waals surface area contributed by atoms with E-state index in [1.54, 1.807) is 0 Å². The van der Waals surface area contributed by atoms with Gasteiger partial charge >= 0.3 is 0 Å². The van der Waals surface area contributed by atoms with Gasteiger partial charge in [0.15, 0.2) is 0 Å². The van der Waals surface area contributed by atoms with E-state index in [9.17, 15) is 0 Å². The van der Waals surface area contributed by atoms with Gasteiger partial charge < -0.3 is 5.32 Å². The molecular formula is C16H20N2S. The maximum atomic E-state index is 4.70. The highest BCUT2D eigenvalue weighted by Gasteiger charge is 2.22. The molecule has 2 heterocycles. The van der Waals surface area contributed by atoms with Gasteiger partial charge in [-0.3, -0.25) is 4.98 Å². The number of pyridine rings is 1. The number of rotatable bonds is 2. The monoisotopic (exact) mass is 272 g/mol. The Morgan fingerprint density at radius 2 is 2.16 bits per heavy atom. The van der Waals surface area contributed by atoms with E-state index in [2.05, 4.69) is 61.3 Å². The fourth-order valence-corrected chi connectivity index (χ4v) is 3.82. The minimum absolute atomic E-state index is 0.562. The summed E-state index contributed by atoms with van der Waals surface area (Å²) in [5, 5.41) is 5.61. The van der Waals surface area contributed by atoms with Gasteiger partial charge in [0.2, 0.25) is 0 Å². The summed E-state index contributed by atoms with van der Waals surface area (Å²) in [5.74, 6) is 1.30. The predicted molar refractivity (Wildman–Crippen MR) is 85.0 cm³/mol. The molecule has 2 unspecified atom stereocenters. The molecule has 100 valence electrons. The van der Waals surface area contributed by atoms with E-state index in [1.807, 2.05) is 0 Å². The van der Waals surface area contributed by atoms with Gasteiger partial charge in [0.25, 0.3) is 0 Å². The number of fused-ring (bicyclic) bond motifs is 1. The molecule has 3 rings (SSSR count). The average Bonchev–Trinajstić information content (AvgIpc) is 2.42. The van der Waals surface area contributed by atoms with E-state index in [4.69, 9.17) is 4.98 Å². The summed E-state index contributed by atoms with van der Waals surface area (Å²) >= 11 is 2.07. The number of aromatic nitrogens is 1. The third-order valence-electron chi connectivity index (χ3n) is 3.81. The summed E-state index contributed by atoms with van der Waals surface area (Å²) < 4.78 is 0. The highest BCUT2D eigenvalue weighted by atomic mass is 32.2.